The minimum absolute atomic E-state index is 1.17. The zero-order chi connectivity index (χ0) is 16.8. The first-order valence-electron chi connectivity index (χ1n) is 8.42. The molecule has 0 fully saturated rings. The second kappa shape index (κ2) is 5.72. The third-order valence-corrected chi connectivity index (χ3v) is 5.77. The molecule has 118 valence electrons. The molecule has 0 saturated carbocycles. The van der Waals surface area contributed by atoms with Crippen LogP contribution in [-0.4, -0.2) is 0 Å². The number of benzene rings is 5. The molecule has 0 spiro atoms. The molecule has 0 aliphatic carbocycles. The van der Waals surface area contributed by atoms with Gasteiger partial charge >= 0.3 is 0 Å². The minimum atomic E-state index is 1.17. The quantitative estimate of drug-likeness (QED) is 0.207. The normalized spacial score (nSPS) is 11.4. The molecule has 25 heavy (non-hydrogen) atoms. The van der Waals surface area contributed by atoms with Gasteiger partial charge in [0.15, 0.2) is 0 Å². The summed E-state index contributed by atoms with van der Waals surface area (Å²) in [6.07, 6.45) is 0. The molecule has 0 N–H and O–H groups in total. The third kappa shape index (κ3) is 2.20. The van der Waals surface area contributed by atoms with E-state index in [1.807, 2.05) is 0 Å². The van der Waals surface area contributed by atoms with Gasteiger partial charge in [-0.15, -0.1) is 0 Å². The Morgan fingerprint density at radius 3 is 1.92 bits per heavy atom. The number of rotatable bonds is 1. The Bertz CT molecular complexity index is 1240. The summed E-state index contributed by atoms with van der Waals surface area (Å²) in [5, 5.41) is 7.68. The van der Waals surface area contributed by atoms with E-state index in [1.54, 1.807) is 0 Å². The lowest BCUT2D eigenvalue weighted by Gasteiger charge is -2.16. The fourth-order valence-electron chi connectivity index (χ4n) is 3.80. The highest BCUT2D eigenvalue weighted by Gasteiger charge is 2.15. The van der Waals surface area contributed by atoms with Gasteiger partial charge in [0.2, 0.25) is 0 Å². The zero-order valence-electron chi connectivity index (χ0n) is 13.5. The highest BCUT2D eigenvalue weighted by molar-refractivity contribution is 9.10. The van der Waals surface area contributed by atoms with Gasteiger partial charge < -0.3 is 0 Å². The molecule has 0 bridgehead atoms. The average molecular weight is 383 g/mol. The summed E-state index contributed by atoms with van der Waals surface area (Å²) in [6.45, 7) is 0. The second-order valence-corrected chi connectivity index (χ2v) is 7.10. The summed E-state index contributed by atoms with van der Waals surface area (Å²) >= 11 is 3.87. The maximum Gasteiger partial charge on any atom is 0.0332 e. The molecule has 5 rings (SSSR count). The van der Waals surface area contributed by atoms with Crippen LogP contribution < -0.4 is 0 Å². The Morgan fingerprint density at radius 2 is 1.12 bits per heavy atom. The van der Waals surface area contributed by atoms with Crippen molar-refractivity contribution in [1.29, 1.82) is 0 Å². The summed E-state index contributed by atoms with van der Waals surface area (Å²) in [4.78, 5) is 0. The van der Waals surface area contributed by atoms with E-state index in [0.29, 0.717) is 0 Å². The van der Waals surface area contributed by atoms with Crippen LogP contribution in [0.4, 0.5) is 0 Å². The largest absolute Gasteiger partial charge is 0.0622 e. The molecule has 0 heterocycles. The second-order valence-electron chi connectivity index (χ2n) is 6.31. The van der Waals surface area contributed by atoms with Crippen molar-refractivity contribution in [3.63, 3.8) is 0 Å². The van der Waals surface area contributed by atoms with Crippen LogP contribution >= 0.6 is 15.9 Å². The Balaban J connectivity index is 2.13. The van der Waals surface area contributed by atoms with E-state index in [0.717, 1.165) is 0 Å². The third-order valence-electron chi connectivity index (χ3n) is 4.91. The molecular formula is C24H15Br. The smallest absolute Gasteiger partial charge is 0.0332 e. The molecular weight excluding hydrogens is 368 g/mol. The van der Waals surface area contributed by atoms with E-state index in [9.17, 15) is 0 Å². The first kappa shape index (κ1) is 14.7. The molecule has 0 aliphatic heterocycles. The maximum atomic E-state index is 3.87. The van der Waals surface area contributed by atoms with Crippen molar-refractivity contribution in [2.45, 2.75) is 0 Å². The molecule has 0 aromatic heterocycles. The van der Waals surface area contributed by atoms with Gasteiger partial charge in [0.05, 0.1) is 0 Å². The van der Waals surface area contributed by atoms with Crippen LogP contribution in [0.15, 0.2) is 95.5 Å². The molecule has 5 aromatic carbocycles. The summed E-state index contributed by atoms with van der Waals surface area (Å²) in [6, 6.07) is 32.5. The van der Waals surface area contributed by atoms with Crippen LogP contribution in [0.2, 0.25) is 0 Å². The highest BCUT2D eigenvalue weighted by atomic mass is 79.9. The van der Waals surface area contributed by atoms with Crippen molar-refractivity contribution in [1.82, 2.24) is 0 Å². The van der Waals surface area contributed by atoms with Crippen LogP contribution in [0.3, 0.4) is 0 Å². The minimum Gasteiger partial charge on any atom is -0.0622 e. The zero-order valence-corrected chi connectivity index (χ0v) is 15.1. The summed E-state index contributed by atoms with van der Waals surface area (Å²) in [5.41, 5.74) is 2.57. The van der Waals surface area contributed by atoms with Gasteiger partial charge in [0.1, 0.15) is 0 Å². The predicted octanol–water partition coefficient (Wildman–Crippen LogP) is 7.58. The Kier molecular flexibility index (Phi) is 3.36. The predicted molar refractivity (Wildman–Crippen MR) is 112 cm³/mol. The van der Waals surface area contributed by atoms with Crippen LogP contribution in [0.5, 0.6) is 0 Å². The lowest BCUT2D eigenvalue weighted by molar-refractivity contribution is 1.67. The van der Waals surface area contributed by atoms with Crippen LogP contribution in [0.1, 0.15) is 0 Å². The van der Waals surface area contributed by atoms with E-state index < -0.39 is 0 Å². The molecule has 0 atom stereocenters. The molecule has 5 aromatic rings. The van der Waals surface area contributed by atoms with Gasteiger partial charge in [-0.25, -0.2) is 0 Å². The van der Waals surface area contributed by atoms with Crippen molar-refractivity contribution >= 4 is 48.2 Å². The summed E-state index contributed by atoms with van der Waals surface area (Å²) in [7, 11) is 0. The Hall–Kier alpha value is -2.64. The fourth-order valence-corrected chi connectivity index (χ4v) is 4.48. The van der Waals surface area contributed by atoms with Crippen molar-refractivity contribution in [2.75, 3.05) is 0 Å². The van der Waals surface area contributed by atoms with Crippen molar-refractivity contribution in [2.24, 2.45) is 0 Å². The van der Waals surface area contributed by atoms with E-state index in [2.05, 4.69) is 107 Å². The van der Waals surface area contributed by atoms with E-state index >= 15 is 0 Å². The van der Waals surface area contributed by atoms with Crippen molar-refractivity contribution < 1.29 is 0 Å². The molecule has 0 radical (unpaired) electrons. The lowest BCUT2D eigenvalue weighted by atomic mass is 9.89. The Morgan fingerprint density at radius 1 is 0.480 bits per heavy atom. The van der Waals surface area contributed by atoms with Gasteiger partial charge in [-0.2, -0.15) is 0 Å². The maximum absolute atomic E-state index is 3.87. The fraction of sp³-hybridized carbons (Fsp3) is 0. The van der Waals surface area contributed by atoms with Gasteiger partial charge in [-0.05, 0) is 59.4 Å². The Labute approximate surface area is 154 Å². The SMILES string of the molecule is Brc1c2ccccc2c(-c2ccccc2)c2c1ccc1ccccc12. The van der Waals surface area contributed by atoms with Gasteiger partial charge in [0, 0.05) is 4.47 Å². The van der Waals surface area contributed by atoms with Crippen LogP contribution in [0.25, 0.3) is 43.4 Å². The average Bonchev–Trinajstić information content (AvgIpc) is 2.69. The van der Waals surface area contributed by atoms with E-state index in [-0.39, 0.29) is 0 Å². The van der Waals surface area contributed by atoms with Gasteiger partial charge in [-0.1, -0.05) is 91.0 Å². The standard InChI is InChI=1S/C24H15Br/c25-24-20-13-7-6-12-19(20)22(17-9-2-1-3-10-17)23-18-11-5-4-8-16(18)14-15-21(23)24/h1-15H. The van der Waals surface area contributed by atoms with E-state index in [1.165, 1.54) is 47.9 Å². The molecule has 0 aliphatic rings. The number of halogens is 1. The number of hydrogen-bond donors (Lipinski definition) is 0. The van der Waals surface area contributed by atoms with Crippen LogP contribution in [-0.2, 0) is 0 Å². The molecule has 0 amide bonds. The first-order valence-corrected chi connectivity index (χ1v) is 9.21. The number of fused-ring (bicyclic) bond motifs is 4. The van der Waals surface area contributed by atoms with Crippen LogP contribution in [0, 0.1) is 0 Å². The summed E-state index contributed by atoms with van der Waals surface area (Å²) in [5.74, 6) is 0. The summed E-state index contributed by atoms with van der Waals surface area (Å²) < 4.78 is 1.17. The van der Waals surface area contributed by atoms with E-state index in [4.69, 9.17) is 0 Å². The molecule has 0 unspecified atom stereocenters. The molecule has 1 heteroatoms. The number of hydrogen-bond acceptors (Lipinski definition) is 0. The molecule has 0 saturated heterocycles. The topological polar surface area (TPSA) is 0 Å². The lowest BCUT2D eigenvalue weighted by Crippen LogP contribution is -1.89. The first-order chi connectivity index (χ1) is 12.3. The monoisotopic (exact) mass is 382 g/mol. The van der Waals surface area contributed by atoms with Crippen molar-refractivity contribution in [3.05, 3.63) is 95.5 Å². The highest BCUT2D eigenvalue weighted by Crippen LogP contribution is 2.44. The van der Waals surface area contributed by atoms with Crippen molar-refractivity contribution in [3.8, 4) is 11.1 Å². The molecule has 0 nitrogen and oxygen atoms in total. The van der Waals surface area contributed by atoms with Gasteiger partial charge in [-0.3, -0.25) is 0 Å². The van der Waals surface area contributed by atoms with Gasteiger partial charge in [0.25, 0.3) is 0 Å².